The molecule has 0 N–H and O–H groups in total. The molecule has 30 heavy (non-hydrogen) atoms. The van der Waals surface area contributed by atoms with E-state index in [1.54, 1.807) is 17.6 Å². The Balaban J connectivity index is 1.44. The van der Waals surface area contributed by atoms with Crippen LogP contribution in [0.25, 0.3) is 11.5 Å². The van der Waals surface area contributed by atoms with Gasteiger partial charge in [-0.15, -0.1) is 11.3 Å². The molecular formula is C24H22N2O3S. The van der Waals surface area contributed by atoms with Crippen LogP contribution in [0.3, 0.4) is 0 Å². The Kier molecular flexibility index (Phi) is 5.50. The van der Waals surface area contributed by atoms with E-state index in [9.17, 15) is 0 Å². The van der Waals surface area contributed by atoms with Crippen molar-refractivity contribution in [3.63, 3.8) is 0 Å². The number of hydrogen-bond donors (Lipinski definition) is 0. The Morgan fingerprint density at radius 1 is 1.00 bits per heavy atom. The van der Waals surface area contributed by atoms with Crippen LogP contribution in [0.4, 0.5) is 5.69 Å². The lowest BCUT2D eigenvalue weighted by Gasteiger charge is -2.13. The fourth-order valence-electron chi connectivity index (χ4n) is 3.53. The molecule has 5 rings (SSSR count). The van der Waals surface area contributed by atoms with Gasteiger partial charge >= 0.3 is 0 Å². The maximum Gasteiger partial charge on any atom is 0.190 e. The number of ether oxygens (including phenoxy) is 2. The number of nitrogens with zero attached hydrogens (tertiary/aromatic N) is 2. The summed E-state index contributed by atoms with van der Waals surface area (Å²) < 4.78 is 19.6. The highest BCUT2D eigenvalue weighted by atomic mass is 32.1. The lowest BCUT2D eigenvalue weighted by Crippen LogP contribution is -2.23. The molecule has 3 heterocycles. The Morgan fingerprint density at radius 2 is 1.83 bits per heavy atom. The standard InChI is InChI=1S/C24H22N2O3S/c1-2-6-19(7-3-1)29-20-12-10-18(11-13-20)25-24-26(16-21-8-4-14-27-21)22(17-30-24)23-9-5-15-28-23/h1-3,5-7,9-13,15,17,21H,4,8,14,16H2. The van der Waals surface area contributed by atoms with Crippen molar-refractivity contribution in [1.82, 2.24) is 4.57 Å². The molecule has 6 heteroatoms. The van der Waals surface area contributed by atoms with E-state index in [-0.39, 0.29) is 6.10 Å². The maximum absolute atomic E-state index is 5.88. The summed E-state index contributed by atoms with van der Waals surface area (Å²) in [6, 6.07) is 21.5. The quantitative estimate of drug-likeness (QED) is 0.385. The minimum Gasteiger partial charge on any atom is -0.463 e. The van der Waals surface area contributed by atoms with Gasteiger partial charge in [0.1, 0.15) is 11.5 Å². The third kappa shape index (κ3) is 4.25. The number of furan rings is 1. The molecule has 0 amide bonds. The maximum atomic E-state index is 5.88. The average Bonchev–Trinajstić information content (AvgIpc) is 3.54. The zero-order valence-corrected chi connectivity index (χ0v) is 17.3. The molecule has 0 radical (unpaired) electrons. The first-order valence-corrected chi connectivity index (χ1v) is 10.9. The summed E-state index contributed by atoms with van der Waals surface area (Å²) in [5.41, 5.74) is 1.91. The largest absolute Gasteiger partial charge is 0.463 e. The molecule has 0 bridgehead atoms. The Hall–Kier alpha value is -3.09. The van der Waals surface area contributed by atoms with Gasteiger partial charge in [0.05, 0.1) is 30.3 Å². The summed E-state index contributed by atoms with van der Waals surface area (Å²) in [6.07, 6.45) is 4.10. The molecule has 2 aromatic carbocycles. The van der Waals surface area contributed by atoms with E-state index in [1.807, 2.05) is 66.7 Å². The second-order valence-electron chi connectivity index (χ2n) is 7.15. The summed E-state index contributed by atoms with van der Waals surface area (Å²) in [6.45, 7) is 1.61. The van der Waals surface area contributed by atoms with Crippen LogP contribution < -0.4 is 9.54 Å². The monoisotopic (exact) mass is 418 g/mol. The number of para-hydroxylation sites is 1. The summed E-state index contributed by atoms with van der Waals surface area (Å²) >= 11 is 1.61. The fraction of sp³-hybridized carbons (Fsp3) is 0.208. The van der Waals surface area contributed by atoms with Crippen LogP contribution in [0.5, 0.6) is 11.5 Å². The second kappa shape index (κ2) is 8.73. The molecule has 1 saturated heterocycles. The van der Waals surface area contributed by atoms with E-state index in [2.05, 4.69) is 9.95 Å². The van der Waals surface area contributed by atoms with Gasteiger partial charge in [0.25, 0.3) is 0 Å². The number of benzene rings is 2. The number of thiazole rings is 1. The molecular weight excluding hydrogens is 396 g/mol. The molecule has 0 spiro atoms. The van der Waals surface area contributed by atoms with Crippen LogP contribution in [0, 0.1) is 0 Å². The van der Waals surface area contributed by atoms with Gasteiger partial charge in [0, 0.05) is 12.0 Å². The summed E-state index contributed by atoms with van der Waals surface area (Å²) in [7, 11) is 0. The average molecular weight is 419 g/mol. The van der Waals surface area contributed by atoms with Crippen LogP contribution in [-0.4, -0.2) is 17.3 Å². The molecule has 1 aliphatic rings. The first-order valence-electron chi connectivity index (χ1n) is 10.1. The van der Waals surface area contributed by atoms with Gasteiger partial charge < -0.3 is 18.5 Å². The van der Waals surface area contributed by atoms with E-state index < -0.39 is 0 Å². The van der Waals surface area contributed by atoms with Gasteiger partial charge in [0.2, 0.25) is 0 Å². The Morgan fingerprint density at radius 3 is 2.57 bits per heavy atom. The predicted molar refractivity (Wildman–Crippen MR) is 117 cm³/mol. The zero-order chi connectivity index (χ0) is 20.2. The van der Waals surface area contributed by atoms with Crippen molar-refractivity contribution in [2.24, 2.45) is 4.99 Å². The molecule has 4 aromatic rings. The summed E-state index contributed by atoms with van der Waals surface area (Å²) in [5, 5.41) is 2.10. The van der Waals surface area contributed by atoms with E-state index in [0.29, 0.717) is 0 Å². The topological polar surface area (TPSA) is 48.9 Å². The van der Waals surface area contributed by atoms with Crippen molar-refractivity contribution in [1.29, 1.82) is 0 Å². The van der Waals surface area contributed by atoms with Crippen molar-refractivity contribution in [2.45, 2.75) is 25.5 Å². The first kappa shape index (κ1) is 18.9. The third-order valence-electron chi connectivity index (χ3n) is 5.02. The Bertz CT molecular complexity index is 1140. The summed E-state index contributed by atoms with van der Waals surface area (Å²) in [5.74, 6) is 2.45. The SMILES string of the molecule is c1ccc(Oc2ccc(N=c3scc(-c4ccco4)n3CC3CCCO3)cc2)cc1. The number of rotatable bonds is 6. The summed E-state index contributed by atoms with van der Waals surface area (Å²) in [4.78, 5) is 5.82. The van der Waals surface area contributed by atoms with E-state index in [1.165, 1.54) is 0 Å². The molecule has 2 aromatic heterocycles. The predicted octanol–water partition coefficient (Wildman–Crippen LogP) is 6.01. The Labute approximate surface area is 178 Å². The van der Waals surface area contributed by atoms with Crippen molar-refractivity contribution in [2.75, 3.05) is 6.61 Å². The van der Waals surface area contributed by atoms with Crippen molar-refractivity contribution >= 4 is 17.0 Å². The van der Waals surface area contributed by atoms with Crippen LogP contribution in [0.1, 0.15) is 12.8 Å². The molecule has 0 aliphatic carbocycles. The van der Waals surface area contributed by atoms with E-state index in [4.69, 9.17) is 18.9 Å². The molecule has 1 fully saturated rings. The number of hydrogen-bond acceptors (Lipinski definition) is 5. The normalized spacial score (nSPS) is 16.8. The smallest absolute Gasteiger partial charge is 0.190 e. The second-order valence-corrected chi connectivity index (χ2v) is 7.98. The van der Waals surface area contributed by atoms with Crippen LogP contribution in [0.15, 0.2) is 87.8 Å². The highest BCUT2D eigenvalue weighted by molar-refractivity contribution is 7.07. The van der Waals surface area contributed by atoms with Gasteiger partial charge in [-0.1, -0.05) is 18.2 Å². The van der Waals surface area contributed by atoms with Gasteiger partial charge in [-0.25, -0.2) is 4.99 Å². The highest BCUT2D eigenvalue weighted by Crippen LogP contribution is 2.26. The molecule has 5 nitrogen and oxygen atoms in total. The minimum absolute atomic E-state index is 0.217. The van der Waals surface area contributed by atoms with Gasteiger partial charge in [0.15, 0.2) is 10.6 Å². The minimum atomic E-state index is 0.217. The van der Waals surface area contributed by atoms with Crippen molar-refractivity contribution in [3.05, 3.63) is 83.2 Å². The lowest BCUT2D eigenvalue weighted by molar-refractivity contribution is 0.0967. The van der Waals surface area contributed by atoms with Crippen molar-refractivity contribution < 1.29 is 13.9 Å². The van der Waals surface area contributed by atoms with Crippen LogP contribution in [0.2, 0.25) is 0 Å². The lowest BCUT2D eigenvalue weighted by atomic mass is 10.2. The van der Waals surface area contributed by atoms with E-state index in [0.717, 1.165) is 59.4 Å². The third-order valence-corrected chi connectivity index (χ3v) is 5.89. The molecule has 1 atom stereocenters. The van der Waals surface area contributed by atoms with Crippen LogP contribution >= 0.6 is 11.3 Å². The molecule has 0 saturated carbocycles. The van der Waals surface area contributed by atoms with Gasteiger partial charge in [-0.05, 0) is 61.4 Å². The fourth-order valence-corrected chi connectivity index (χ4v) is 4.45. The van der Waals surface area contributed by atoms with Crippen LogP contribution in [-0.2, 0) is 11.3 Å². The van der Waals surface area contributed by atoms with Gasteiger partial charge in [-0.2, -0.15) is 0 Å². The van der Waals surface area contributed by atoms with E-state index >= 15 is 0 Å². The highest BCUT2D eigenvalue weighted by Gasteiger charge is 2.19. The number of aromatic nitrogens is 1. The zero-order valence-electron chi connectivity index (χ0n) is 16.4. The molecule has 1 unspecified atom stereocenters. The first-order chi connectivity index (χ1) is 14.8. The van der Waals surface area contributed by atoms with Gasteiger partial charge in [-0.3, -0.25) is 0 Å². The molecule has 1 aliphatic heterocycles. The van der Waals surface area contributed by atoms with Crippen molar-refractivity contribution in [3.8, 4) is 23.0 Å². The molecule has 152 valence electrons.